The minimum atomic E-state index is -0.0527. The number of pyridine rings is 1. The summed E-state index contributed by atoms with van der Waals surface area (Å²) in [4.78, 5) is 17.1. The topological polar surface area (TPSA) is 101 Å². The Labute approximate surface area is 182 Å². The lowest BCUT2D eigenvalue weighted by Crippen LogP contribution is -3.11. The van der Waals surface area contributed by atoms with E-state index in [0.29, 0.717) is 19.0 Å². The van der Waals surface area contributed by atoms with Crippen LogP contribution in [0.5, 0.6) is 0 Å². The van der Waals surface area contributed by atoms with Gasteiger partial charge in [0.15, 0.2) is 0 Å². The number of aliphatic hydroxyl groups excluding tert-OH is 1. The van der Waals surface area contributed by atoms with Crippen LogP contribution in [0.4, 0.5) is 0 Å². The molecule has 1 aliphatic rings. The van der Waals surface area contributed by atoms with E-state index in [1.54, 1.807) is 0 Å². The van der Waals surface area contributed by atoms with Crippen molar-refractivity contribution in [2.75, 3.05) is 13.2 Å². The van der Waals surface area contributed by atoms with Gasteiger partial charge >= 0.3 is 0 Å². The smallest absolute Gasteiger partial charge is 0.257 e. The maximum absolute atomic E-state index is 12.8. The molecule has 31 heavy (non-hydrogen) atoms. The Kier molecular flexibility index (Phi) is 6.77. The van der Waals surface area contributed by atoms with Gasteiger partial charge in [-0.05, 0) is 53.8 Å². The zero-order valence-corrected chi connectivity index (χ0v) is 18.5. The van der Waals surface area contributed by atoms with Crippen molar-refractivity contribution in [2.45, 2.75) is 71.0 Å². The monoisotopic (exact) mass is 425 g/mol. The quantitative estimate of drug-likeness (QED) is 0.486. The Bertz CT molecular complexity index is 1070. The number of quaternary nitrogens is 1. The van der Waals surface area contributed by atoms with Crippen LogP contribution in [0.15, 0.2) is 29.1 Å². The molecule has 0 saturated heterocycles. The van der Waals surface area contributed by atoms with E-state index in [0.717, 1.165) is 53.7 Å². The lowest BCUT2D eigenvalue weighted by molar-refractivity contribution is -0.946. The van der Waals surface area contributed by atoms with Gasteiger partial charge in [0.2, 0.25) is 5.82 Å². The molecule has 4 rings (SSSR count). The third-order valence-corrected chi connectivity index (χ3v) is 6.55. The van der Waals surface area contributed by atoms with Crippen molar-refractivity contribution in [1.82, 2.24) is 25.2 Å². The molecule has 2 atom stereocenters. The van der Waals surface area contributed by atoms with E-state index in [-0.39, 0.29) is 18.2 Å². The van der Waals surface area contributed by atoms with Gasteiger partial charge in [-0.1, -0.05) is 31.4 Å². The van der Waals surface area contributed by atoms with Crippen LogP contribution in [0.1, 0.15) is 74.5 Å². The first kappa shape index (κ1) is 21.6. The first-order chi connectivity index (χ1) is 15.1. The SMILES string of the molecule is CC[C@H](c1nnnn1C1CCCC1)[NH+](CCCO)Cc1cc2cc(C)ccc2[nH]c1=O. The highest BCUT2D eigenvalue weighted by Crippen LogP contribution is 2.30. The second-order valence-corrected chi connectivity index (χ2v) is 8.76. The normalized spacial score (nSPS) is 16.7. The van der Waals surface area contributed by atoms with Crippen molar-refractivity contribution < 1.29 is 10.0 Å². The molecular formula is C23H33N6O2+. The van der Waals surface area contributed by atoms with Gasteiger partial charge in [-0.25, -0.2) is 4.68 Å². The van der Waals surface area contributed by atoms with Crippen LogP contribution in [0, 0.1) is 6.92 Å². The van der Waals surface area contributed by atoms with Gasteiger partial charge in [0.1, 0.15) is 12.6 Å². The van der Waals surface area contributed by atoms with Gasteiger partial charge in [0.05, 0.1) is 18.2 Å². The van der Waals surface area contributed by atoms with Gasteiger partial charge in [0, 0.05) is 25.0 Å². The summed E-state index contributed by atoms with van der Waals surface area (Å²) in [5.41, 5.74) is 2.72. The summed E-state index contributed by atoms with van der Waals surface area (Å²) in [5, 5.41) is 23.3. The average molecular weight is 426 g/mol. The number of nitrogens with zero attached hydrogens (tertiary/aromatic N) is 4. The van der Waals surface area contributed by atoms with E-state index in [1.807, 2.05) is 22.9 Å². The Morgan fingerprint density at radius 2 is 2.10 bits per heavy atom. The molecule has 166 valence electrons. The molecule has 2 aromatic heterocycles. The molecule has 1 aromatic carbocycles. The molecule has 1 unspecified atom stereocenters. The fraction of sp³-hybridized carbons (Fsp3) is 0.565. The van der Waals surface area contributed by atoms with Gasteiger partial charge in [-0.2, -0.15) is 0 Å². The maximum atomic E-state index is 12.8. The second-order valence-electron chi connectivity index (χ2n) is 8.76. The molecular weight excluding hydrogens is 392 g/mol. The van der Waals surface area contributed by atoms with Crippen LogP contribution in [-0.4, -0.2) is 43.4 Å². The molecule has 8 heteroatoms. The summed E-state index contributed by atoms with van der Waals surface area (Å²) in [6.07, 6.45) is 6.19. The molecule has 0 radical (unpaired) electrons. The molecule has 0 bridgehead atoms. The molecule has 0 amide bonds. The molecule has 1 saturated carbocycles. The first-order valence-corrected chi connectivity index (χ1v) is 11.5. The van der Waals surface area contributed by atoms with E-state index in [1.165, 1.54) is 17.7 Å². The predicted molar refractivity (Wildman–Crippen MR) is 119 cm³/mol. The van der Waals surface area contributed by atoms with E-state index in [4.69, 9.17) is 0 Å². The molecule has 3 N–H and O–H groups in total. The lowest BCUT2D eigenvalue weighted by atomic mass is 10.1. The van der Waals surface area contributed by atoms with Crippen LogP contribution in [0.3, 0.4) is 0 Å². The Balaban J connectivity index is 1.67. The Hall–Kier alpha value is -2.58. The number of hydrogen-bond donors (Lipinski definition) is 3. The van der Waals surface area contributed by atoms with Gasteiger partial charge in [-0.3, -0.25) is 4.79 Å². The number of aromatic nitrogens is 5. The van der Waals surface area contributed by atoms with Crippen molar-refractivity contribution in [3.05, 3.63) is 51.6 Å². The number of fused-ring (bicyclic) bond motifs is 1. The highest BCUT2D eigenvalue weighted by atomic mass is 16.3. The van der Waals surface area contributed by atoms with Crippen molar-refractivity contribution in [3.8, 4) is 0 Å². The summed E-state index contributed by atoms with van der Waals surface area (Å²) in [5.74, 6) is 0.899. The molecule has 3 aromatic rings. The summed E-state index contributed by atoms with van der Waals surface area (Å²) < 4.78 is 2.02. The number of aryl methyl sites for hydroxylation is 1. The number of H-pyrrole nitrogens is 1. The highest BCUT2D eigenvalue weighted by Gasteiger charge is 2.32. The predicted octanol–water partition coefficient (Wildman–Crippen LogP) is 1.86. The van der Waals surface area contributed by atoms with Crippen molar-refractivity contribution >= 4 is 10.9 Å². The number of tetrazole rings is 1. The van der Waals surface area contributed by atoms with Gasteiger partial charge in [-0.15, -0.1) is 5.10 Å². The Morgan fingerprint density at radius 1 is 1.29 bits per heavy atom. The molecule has 1 fully saturated rings. The molecule has 8 nitrogen and oxygen atoms in total. The van der Waals surface area contributed by atoms with E-state index in [2.05, 4.69) is 40.4 Å². The van der Waals surface area contributed by atoms with E-state index in [9.17, 15) is 9.90 Å². The van der Waals surface area contributed by atoms with Crippen molar-refractivity contribution in [3.63, 3.8) is 0 Å². The molecule has 0 spiro atoms. The molecule has 0 aliphatic heterocycles. The molecule has 2 heterocycles. The zero-order valence-electron chi connectivity index (χ0n) is 18.5. The van der Waals surface area contributed by atoms with Crippen LogP contribution in [0.2, 0.25) is 0 Å². The van der Waals surface area contributed by atoms with Crippen LogP contribution in [-0.2, 0) is 6.54 Å². The number of aromatic amines is 1. The third-order valence-electron chi connectivity index (χ3n) is 6.55. The first-order valence-electron chi connectivity index (χ1n) is 11.5. The summed E-state index contributed by atoms with van der Waals surface area (Å²) in [6, 6.07) is 8.50. The van der Waals surface area contributed by atoms with Gasteiger partial charge < -0.3 is 15.0 Å². The molecule has 1 aliphatic carbocycles. The van der Waals surface area contributed by atoms with Gasteiger partial charge in [0.25, 0.3) is 5.56 Å². The highest BCUT2D eigenvalue weighted by molar-refractivity contribution is 5.79. The summed E-state index contributed by atoms with van der Waals surface area (Å²) in [7, 11) is 0. The minimum Gasteiger partial charge on any atom is -0.396 e. The van der Waals surface area contributed by atoms with Crippen LogP contribution < -0.4 is 10.5 Å². The van der Waals surface area contributed by atoms with Crippen LogP contribution in [0.25, 0.3) is 10.9 Å². The summed E-state index contributed by atoms with van der Waals surface area (Å²) in [6.45, 7) is 5.64. The van der Waals surface area contributed by atoms with Crippen molar-refractivity contribution in [2.24, 2.45) is 0 Å². The Morgan fingerprint density at radius 3 is 2.84 bits per heavy atom. The number of aliphatic hydroxyl groups is 1. The fourth-order valence-electron chi connectivity index (χ4n) is 4.93. The van der Waals surface area contributed by atoms with E-state index >= 15 is 0 Å². The minimum absolute atomic E-state index is 0.0527. The third kappa shape index (κ3) is 4.70. The number of nitrogens with one attached hydrogen (secondary N) is 2. The number of benzene rings is 1. The standard InChI is InChI=1S/C23H32N6O2/c1-3-21(22-25-26-27-29(22)19-7-4-5-8-19)28(11-6-12-30)15-18-14-17-13-16(2)9-10-20(17)24-23(18)31/h9-10,13-14,19,21,30H,3-8,11-12,15H2,1-2H3,(H,24,31)/p+1/t21-/m1/s1. The average Bonchev–Trinajstić information content (AvgIpc) is 3.45. The van der Waals surface area contributed by atoms with E-state index < -0.39 is 0 Å². The summed E-state index contributed by atoms with van der Waals surface area (Å²) >= 11 is 0. The lowest BCUT2D eigenvalue weighted by Gasteiger charge is -2.28. The number of hydrogen-bond acceptors (Lipinski definition) is 5. The maximum Gasteiger partial charge on any atom is 0.257 e. The van der Waals surface area contributed by atoms with Crippen LogP contribution >= 0.6 is 0 Å². The number of rotatable bonds is 9. The largest absolute Gasteiger partial charge is 0.396 e. The fourth-order valence-corrected chi connectivity index (χ4v) is 4.93. The van der Waals surface area contributed by atoms with Crippen molar-refractivity contribution in [1.29, 1.82) is 0 Å². The second kappa shape index (κ2) is 9.70. The zero-order chi connectivity index (χ0) is 21.8.